The highest BCUT2D eigenvalue weighted by Crippen LogP contribution is 2.25. The molecular formula is C26H24ClN5OS. The molecule has 1 N–H and O–H groups in total. The van der Waals surface area contributed by atoms with E-state index in [-0.39, 0.29) is 5.91 Å². The predicted octanol–water partition coefficient (Wildman–Crippen LogP) is 5.38. The normalized spacial score (nSPS) is 10.6. The van der Waals surface area contributed by atoms with Gasteiger partial charge in [0.1, 0.15) is 11.0 Å². The summed E-state index contributed by atoms with van der Waals surface area (Å²) in [6.45, 7) is 1.17. The first kappa shape index (κ1) is 23.7. The fourth-order valence-corrected chi connectivity index (χ4v) is 4.31. The zero-order valence-electron chi connectivity index (χ0n) is 18.7. The number of rotatable bonds is 9. The molecule has 8 heteroatoms. The molecule has 4 rings (SSSR count). The molecule has 0 saturated heterocycles. The third-order valence-corrected chi connectivity index (χ3v) is 6.19. The number of halogens is 1. The average molecular weight is 490 g/mol. The van der Waals surface area contributed by atoms with Gasteiger partial charge in [-0.2, -0.15) is 0 Å². The number of hydrogen-bond acceptors (Lipinski definition) is 6. The van der Waals surface area contributed by atoms with Crippen LogP contribution < -0.4 is 10.2 Å². The van der Waals surface area contributed by atoms with Gasteiger partial charge in [-0.3, -0.25) is 9.78 Å². The molecule has 0 radical (unpaired) electrons. The predicted molar refractivity (Wildman–Crippen MR) is 137 cm³/mol. The second kappa shape index (κ2) is 11.6. The minimum atomic E-state index is -0.118. The zero-order chi connectivity index (χ0) is 23.8. The molecule has 0 aliphatic heterocycles. The molecule has 0 aliphatic rings. The Labute approximate surface area is 208 Å². The molecule has 2 heterocycles. The smallest absolute Gasteiger partial charge is 0.251 e. The molecule has 0 fully saturated rings. The minimum Gasteiger partial charge on any atom is -0.355 e. The molecule has 0 bridgehead atoms. The van der Waals surface area contributed by atoms with Crippen molar-refractivity contribution in [3.8, 4) is 0 Å². The van der Waals surface area contributed by atoms with Gasteiger partial charge in [-0.1, -0.05) is 71.9 Å². The van der Waals surface area contributed by atoms with E-state index in [4.69, 9.17) is 11.6 Å². The highest BCUT2D eigenvalue weighted by atomic mass is 35.5. The van der Waals surface area contributed by atoms with E-state index in [1.54, 1.807) is 18.5 Å². The number of aromatic nitrogens is 3. The van der Waals surface area contributed by atoms with Crippen LogP contribution in [0.25, 0.3) is 0 Å². The van der Waals surface area contributed by atoms with E-state index in [1.807, 2.05) is 66.5 Å². The Hall–Kier alpha value is -3.42. The zero-order valence-corrected chi connectivity index (χ0v) is 20.3. The lowest BCUT2D eigenvalue weighted by Crippen LogP contribution is -2.22. The van der Waals surface area contributed by atoms with Crippen LogP contribution in [-0.4, -0.2) is 27.9 Å². The Morgan fingerprint density at radius 3 is 2.47 bits per heavy atom. The number of pyridine rings is 1. The van der Waals surface area contributed by atoms with Gasteiger partial charge in [-0.15, -0.1) is 0 Å². The van der Waals surface area contributed by atoms with Gasteiger partial charge in [0.05, 0.1) is 0 Å². The first-order valence-electron chi connectivity index (χ1n) is 10.8. The van der Waals surface area contributed by atoms with Gasteiger partial charge < -0.3 is 10.2 Å². The molecule has 0 atom stereocenters. The van der Waals surface area contributed by atoms with E-state index < -0.39 is 0 Å². The van der Waals surface area contributed by atoms with Crippen LogP contribution in [0.4, 0.5) is 5.82 Å². The molecule has 0 aliphatic carbocycles. The summed E-state index contributed by atoms with van der Waals surface area (Å²) in [6, 6.07) is 23.3. The second-order valence-corrected chi connectivity index (χ2v) is 9.03. The number of carbonyl (C=O) groups excluding carboxylic acids is 1. The van der Waals surface area contributed by atoms with E-state index in [2.05, 4.69) is 32.4 Å². The van der Waals surface area contributed by atoms with Crippen molar-refractivity contribution in [1.82, 2.24) is 20.3 Å². The first-order valence-corrected chi connectivity index (χ1v) is 12.1. The third-order valence-electron chi connectivity index (χ3n) is 5.07. The maximum Gasteiger partial charge on any atom is 0.251 e. The molecule has 2 aromatic heterocycles. The Kier molecular flexibility index (Phi) is 8.12. The van der Waals surface area contributed by atoms with Gasteiger partial charge in [0, 0.05) is 49.9 Å². The van der Waals surface area contributed by atoms with Gasteiger partial charge in [-0.25, -0.2) is 9.97 Å². The van der Waals surface area contributed by atoms with Crippen LogP contribution in [0.3, 0.4) is 0 Å². The van der Waals surface area contributed by atoms with Gasteiger partial charge in [0.2, 0.25) is 0 Å². The largest absolute Gasteiger partial charge is 0.355 e. The summed E-state index contributed by atoms with van der Waals surface area (Å²) in [5, 5.41) is 3.93. The van der Waals surface area contributed by atoms with Crippen LogP contribution in [0.15, 0.2) is 90.3 Å². The Balaban J connectivity index is 1.33. The van der Waals surface area contributed by atoms with E-state index in [9.17, 15) is 4.79 Å². The first-order chi connectivity index (χ1) is 16.6. The lowest BCUT2D eigenvalue weighted by Gasteiger charge is -2.19. The van der Waals surface area contributed by atoms with Crippen molar-refractivity contribution < 1.29 is 4.79 Å². The molecule has 34 heavy (non-hydrogen) atoms. The fourth-order valence-electron chi connectivity index (χ4n) is 3.27. The summed E-state index contributed by atoms with van der Waals surface area (Å²) in [7, 11) is 1.98. The monoisotopic (exact) mass is 489 g/mol. The highest BCUT2D eigenvalue weighted by molar-refractivity contribution is 7.98. The number of nitrogens with one attached hydrogen (secondary N) is 1. The number of amides is 1. The maximum absolute atomic E-state index is 12.4. The number of nitrogens with zero attached hydrogens (tertiary/aromatic N) is 4. The maximum atomic E-state index is 12.4. The van der Waals surface area contributed by atoms with Crippen molar-refractivity contribution in [2.75, 3.05) is 11.9 Å². The van der Waals surface area contributed by atoms with E-state index in [1.165, 1.54) is 17.3 Å². The summed E-state index contributed by atoms with van der Waals surface area (Å²) in [5.74, 6) is 1.32. The molecule has 1 amide bonds. The van der Waals surface area contributed by atoms with Crippen LogP contribution in [0.5, 0.6) is 0 Å². The SMILES string of the molecule is CN(Cc1ccccc1)c1cc(Cl)nc(SCc2ccc(C(=O)NCc3cccnc3)cc2)n1. The molecule has 4 aromatic rings. The summed E-state index contributed by atoms with van der Waals surface area (Å²) < 4.78 is 0. The summed E-state index contributed by atoms with van der Waals surface area (Å²) in [5.41, 5.74) is 3.83. The van der Waals surface area contributed by atoms with E-state index >= 15 is 0 Å². The minimum absolute atomic E-state index is 0.118. The number of thioether (sulfide) groups is 1. The van der Waals surface area contributed by atoms with Crippen molar-refractivity contribution >= 4 is 35.1 Å². The van der Waals surface area contributed by atoms with Crippen molar-refractivity contribution in [2.45, 2.75) is 24.0 Å². The van der Waals surface area contributed by atoms with Crippen molar-refractivity contribution in [3.63, 3.8) is 0 Å². The number of benzene rings is 2. The van der Waals surface area contributed by atoms with Crippen LogP contribution in [0, 0.1) is 0 Å². The quantitative estimate of drug-likeness (QED) is 0.193. The number of carbonyl (C=O) groups is 1. The standard InChI is InChI=1S/C26H24ClN5OS/c1-32(17-19-6-3-2-4-7-19)24-14-23(27)30-26(31-24)34-18-20-9-11-22(12-10-20)25(33)29-16-21-8-5-13-28-15-21/h2-15H,16-18H2,1H3,(H,29,33). The van der Waals surface area contributed by atoms with Crippen LogP contribution >= 0.6 is 23.4 Å². The van der Waals surface area contributed by atoms with Crippen molar-refractivity contribution in [2.24, 2.45) is 0 Å². The molecule has 0 spiro atoms. The van der Waals surface area contributed by atoms with Crippen molar-refractivity contribution in [1.29, 1.82) is 0 Å². The molecule has 0 saturated carbocycles. The lowest BCUT2D eigenvalue weighted by molar-refractivity contribution is 0.0951. The molecular weight excluding hydrogens is 466 g/mol. The van der Waals surface area contributed by atoms with Gasteiger partial charge in [0.15, 0.2) is 5.16 Å². The topological polar surface area (TPSA) is 71.0 Å². The van der Waals surface area contributed by atoms with Gasteiger partial charge in [0.25, 0.3) is 5.91 Å². The fraction of sp³-hybridized carbons (Fsp3) is 0.154. The average Bonchev–Trinajstić information content (AvgIpc) is 2.87. The van der Waals surface area contributed by atoms with Crippen LogP contribution in [0.1, 0.15) is 27.0 Å². The third kappa shape index (κ3) is 6.79. The van der Waals surface area contributed by atoms with Gasteiger partial charge >= 0.3 is 0 Å². The van der Waals surface area contributed by atoms with Crippen LogP contribution in [0.2, 0.25) is 5.15 Å². The summed E-state index contributed by atoms with van der Waals surface area (Å²) >= 11 is 7.78. The Morgan fingerprint density at radius 2 is 1.74 bits per heavy atom. The van der Waals surface area contributed by atoms with Crippen LogP contribution in [-0.2, 0) is 18.8 Å². The number of hydrogen-bond donors (Lipinski definition) is 1. The Bertz CT molecular complexity index is 1220. The van der Waals surface area contributed by atoms with E-state index in [0.29, 0.717) is 28.2 Å². The number of anilines is 1. The molecule has 0 unspecified atom stereocenters. The van der Waals surface area contributed by atoms with Gasteiger partial charge in [-0.05, 0) is 34.9 Å². The molecule has 2 aromatic carbocycles. The Morgan fingerprint density at radius 1 is 0.971 bits per heavy atom. The summed E-state index contributed by atoms with van der Waals surface area (Å²) in [6.07, 6.45) is 3.45. The summed E-state index contributed by atoms with van der Waals surface area (Å²) in [4.78, 5) is 27.5. The lowest BCUT2D eigenvalue weighted by atomic mass is 10.1. The molecule has 172 valence electrons. The highest BCUT2D eigenvalue weighted by Gasteiger charge is 2.10. The van der Waals surface area contributed by atoms with E-state index in [0.717, 1.165) is 23.5 Å². The van der Waals surface area contributed by atoms with Crippen molar-refractivity contribution in [3.05, 3.63) is 113 Å². The second-order valence-electron chi connectivity index (χ2n) is 7.70. The molecule has 6 nitrogen and oxygen atoms in total.